The van der Waals surface area contributed by atoms with Crippen molar-refractivity contribution < 1.29 is 14.6 Å². The molecule has 5 unspecified atom stereocenters. The Labute approximate surface area is 71.7 Å². The third-order valence-corrected chi connectivity index (χ3v) is 3.55. The van der Waals surface area contributed by atoms with Crippen LogP contribution >= 0.6 is 0 Å². The Kier molecular flexibility index (Phi) is 1.48. The first-order valence-corrected chi connectivity index (χ1v) is 4.80. The van der Waals surface area contributed by atoms with Crippen LogP contribution in [0, 0.1) is 11.8 Å². The van der Waals surface area contributed by atoms with Crippen LogP contribution in [-0.2, 0) is 9.47 Å². The van der Waals surface area contributed by atoms with E-state index in [-0.39, 0.29) is 0 Å². The standard InChI is InChI=1S/C9H14O3/c10-9-3-5-6(4-11-9)8-2-1-7(5)12-8/h5-10H,1-4H2. The van der Waals surface area contributed by atoms with E-state index in [1.54, 1.807) is 0 Å². The molecule has 3 saturated heterocycles. The van der Waals surface area contributed by atoms with Crippen molar-refractivity contribution in [3.8, 4) is 0 Å². The smallest absolute Gasteiger partial charge is 0.154 e. The van der Waals surface area contributed by atoms with Crippen LogP contribution in [0.15, 0.2) is 0 Å². The summed E-state index contributed by atoms with van der Waals surface area (Å²) in [6.45, 7) is 0.701. The van der Waals surface area contributed by atoms with Crippen LogP contribution in [0.2, 0.25) is 0 Å². The number of rotatable bonds is 0. The predicted octanol–water partition coefficient (Wildman–Crippen LogP) is 0.519. The van der Waals surface area contributed by atoms with E-state index < -0.39 is 6.29 Å². The summed E-state index contributed by atoms with van der Waals surface area (Å²) in [5, 5.41) is 9.31. The van der Waals surface area contributed by atoms with Crippen LogP contribution in [-0.4, -0.2) is 30.2 Å². The number of hydrogen-bond acceptors (Lipinski definition) is 3. The zero-order valence-corrected chi connectivity index (χ0v) is 6.98. The van der Waals surface area contributed by atoms with Crippen molar-refractivity contribution >= 4 is 0 Å². The van der Waals surface area contributed by atoms with Gasteiger partial charge in [-0.25, -0.2) is 0 Å². The molecule has 3 rings (SSSR count). The van der Waals surface area contributed by atoms with Crippen LogP contribution in [0.4, 0.5) is 0 Å². The average molecular weight is 170 g/mol. The maximum absolute atomic E-state index is 9.31. The molecule has 1 N–H and O–H groups in total. The highest BCUT2D eigenvalue weighted by Crippen LogP contribution is 2.47. The molecule has 68 valence electrons. The van der Waals surface area contributed by atoms with E-state index >= 15 is 0 Å². The lowest BCUT2D eigenvalue weighted by molar-refractivity contribution is -0.159. The van der Waals surface area contributed by atoms with Crippen molar-refractivity contribution in [3.05, 3.63) is 0 Å². The molecule has 3 aliphatic rings. The molecule has 0 aliphatic carbocycles. The maximum atomic E-state index is 9.31. The number of fused-ring (bicyclic) bond motifs is 5. The van der Waals surface area contributed by atoms with Crippen LogP contribution in [0.3, 0.4) is 0 Å². The van der Waals surface area contributed by atoms with Gasteiger partial charge in [0.15, 0.2) is 6.29 Å². The molecule has 0 amide bonds. The first-order valence-electron chi connectivity index (χ1n) is 4.80. The van der Waals surface area contributed by atoms with E-state index in [9.17, 15) is 5.11 Å². The maximum Gasteiger partial charge on any atom is 0.154 e. The summed E-state index contributed by atoms with van der Waals surface area (Å²) in [5.74, 6) is 1.15. The van der Waals surface area contributed by atoms with Gasteiger partial charge in [0.1, 0.15) is 0 Å². The molecular weight excluding hydrogens is 156 g/mol. The lowest BCUT2D eigenvalue weighted by atomic mass is 9.76. The minimum absolute atomic E-state index is 0.429. The monoisotopic (exact) mass is 170 g/mol. The Hall–Kier alpha value is -0.120. The summed E-state index contributed by atoms with van der Waals surface area (Å²) in [4.78, 5) is 0. The quantitative estimate of drug-likeness (QED) is 0.576. The molecule has 0 aromatic heterocycles. The third kappa shape index (κ3) is 0.873. The van der Waals surface area contributed by atoms with Gasteiger partial charge < -0.3 is 14.6 Å². The molecule has 0 aromatic rings. The van der Waals surface area contributed by atoms with E-state index in [0.717, 1.165) is 6.42 Å². The van der Waals surface area contributed by atoms with Gasteiger partial charge in [-0.05, 0) is 18.8 Å². The van der Waals surface area contributed by atoms with Gasteiger partial charge in [-0.15, -0.1) is 0 Å². The molecule has 3 aliphatic heterocycles. The fourth-order valence-electron chi connectivity index (χ4n) is 2.95. The number of ether oxygens (including phenoxy) is 2. The second-order valence-electron chi connectivity index (χ2n) is 4.14. The van der Waals surface area contributed by atoms with Gasteiger partial charge in [-0.3, -0.25) is 0 Å². The molecule has 5 atom stereocenters. The van der Waals surface area contributed by atoms with Crippen molar-refractivity contribution in [2.75, 3.05) is 6.61 Å². The van der Waals surface area contributed by atoms with E-state index in [4.69, 9.17) is 9.47 Å². The summed E-state index contributed by atoms with van der Waals surface area (Å²) in [6, 6.07) is 0. The molecule has 0 spiro atoms. The Morgan fingerprint density at radius 3 is 2.67 bits per heavy atom. The Balaban J connectivity index is 1.81. The first kappa shape index (κ1) is 7.30. The SMILES string of the molecule is OC1CC2C3CCC(O3)C2CO1. The van der Waals surface area contributed by atoms with Crippen LogP contribution in [0.5, 0.6) is 0 Å². The summed E-state index contributed by atoms with van der Waals surface area (Å²) in [7, 11) is 0. The van der Waals surface area contributed by atoms with E-state index in [1.165, 1.54) is 12.8 Å². The average Bonchev–Trinajstić information content (AvgIpc) is 2.63. The van der Waals surface area contributed by atoms with Gasteiger partial charge in [0.05, 0.1) is 18.8 Å². The summed E-state index contributed by atoms with van der Waals surface area (Å²) in [5.41, 5.74) is 0. The Bertz CT molecular complexity index is 194. The molecule has 0 radical (unpaired) electrons. The van der Waals surface area contributed by atoms with E-state index in [2.05, 4.69) is 0 Å². The van der Waals surface area contributed by atoms with E-state index in [1.807, 2.05) is 0 Å². The lowest BCUT2D eigenvalue weighted by Crippen LogP contribution is -2.39. The second kappa shape index (κ2) is 2.44. The predicted molar refractivity (Wildman–Crippen MR) is 41.5 cm³/mol. The van der Waals surface area contributed by atoms with Gasteiger partial charge >= 0.3 is 0 Å². The normalized spacial score (nSPS) is 57.2. The molecule has 0 saturated carbocycles. The van der Waals surface area contributed by atoms with Gasteiger partial charge in [-0.2, -0.15) is 0 Å². The van der Waals surface area contributed by atoms with Crippen molar-refractivity contribution in [1.29, 1.82) is 0 Å². The lowest BCUT2D eigenvalue weighted by Gasteiger charge is -2.34. The first-order chi connectivity index (χ1) is 5.84. The zero-order chi connectivity index (χ0) is 8.13. The molecule has 3 fully saturated rings. The van der Waals surface area contributed by atoms with Crippen molar-refractivity contribution in [1.82, 2.24) is 0 Å². The van der Waals surface area contributed by atoms with Crippen molar-refractivity contribution in [2.45, 2.75) is 37.8 Å². The minimum atomic E-state index is -0.533. The van der Waals surface area contributed by atoms with Gasteiger partial charge in [0.25, 0.3) is 0 Å². The van der Waals surface area contributed by atoms with Crippen molar-refractivity contribution in [2.24, 2.45) is 11.8 Å². The highest BCUT2D eigenvalue weighted by molar-refractivity contribution is 4.97. The molecule has 3 heterocycles. The topological polar surface area (TPSA) is 38.7 Å². The largest absolute Gasteiger partial charge is 0.374 e. The second-order valence-corrected chi connectivity index (χ2v) is 4.14. The summed E-state index contributed by atoms with van der Waals surface area (Å²) in [6.07, 6.45) is 3.51. The summed E-state index contributed by atoms with van der Waals surface area (Å²) >= 11 is 0. The third-order valence-electron chi connectivity index (χ3n) is 3.55. The van der Waals surface area contributed by atoms with E-state index in [0.29, 0.717) is 30.7 Å². The highest BCUT2D eigenvalue weighted by Gasteiger charge is 2.51. The molecule has 3 heteroatoms. The number of hydrogen-bond donors (Lipinski definition) is 1. The molecule has 0 aromatic carbocycles. The number of aliphatic hydroxyl groups excluding tert-OH is 1. The summed E-state index contributed by atoms with van der Waals surface area (Å²) < 4.78 is 11.0. The van der Waals surface area contributed by atoms with Crippen LogP contribution < -0.4 is 0 Å². The van der Waals surface area contributed by atoms with Gasteiger partial charge in [0.2, 0.25) is 0 Å². The van der Waals surface area contributed by atoms with Gasteiger partial charge in [-0.1, -0.05) is 0 Å². The van der Waals surface area contributed by atoms with Crippen LogP contribution in [0.1, 0.15) is 19.3 Å². The molecule has 3 nitrogen and oxygen atoms in total. The minimum Gasteiger partial charge on any atom is -0.374 e. The fraction of sp³-hybridized carbons (Fsp3) is 1.00. The van der Waals surface area contributed by atoms with Gasteiger partial charge in [0, 0.05) is 12.3 Å². The molecule has 12 heavy (non-hydrogen) atoms. The molecule has 2 bridgehead atoms. The van der Waals surface area contributed by atoms with Crippen LogP contribution in [0.25, 0.3) is 0 Å². The Morgan fingerprint density at radius 1 is 1.08 bits per heavy atom. The van der Waals surface area contributed by atoms with Crippen molar-refractivity contribution in [3.63, 3.8) is 0 Å². The number of aliphatic hydroxyl groups is 1. The highest BCUT2D eigenvalue weighted by atomic mass is 16.6. The zero-order valence-electron chi connectivity index (χ0n) is 6.98. The fourth-order valence-corrected chi connectivity index (χ4v) is 2.95. The molecular formula is C9H14O3. The Morgan fingerprint density at radius 2 is 1.83 bits per heavy atom.